The molecule has 1 heterocycles. The van der Waals surface area contributed by atoms with Crippen molar-refractivity contribution in [3.8, 4) is 0 Å². The maximum Gasteiger partial charge on any atom is 0.245 e. The Morgan fingerprint density at radius 2 is 1.60 bits per heavy atom. The summed E-state index contributed by atoms with van der Waals surface area (Å²) in [5.74, 6) is 0.113. The van der Waals surface area contributed by atoms with Crippen molar-refractivity contribution in [2.24, 2.45) is 0 Å². The van der Waals surface area contributed by atoms with Crippen molar-refractivity contribution in [2.75, 3.05) is 7.05 Å². The second-order valence-corrected chi connectivity index (χ2v) is 5.27. The Kier molecular flexibility index (Phi) is 3.28. The topological polar surface area (TPSA) is 32.3 Å². The first-order chi connectivity index (χ1) is 9.66. The molecule has 1 N–H and O–H groups in total. The van der Waals surface area contributed by atoms with Gasteiger partial charge in [-0.2, -0.15) is 0 Å². The number of hydrogen-bond acceptors (Lipinski definition) is 2. The monoisotopic (exact) mass is 266 g/mol. The zero-order chi connectivity index (χ0) is 14.1. The lowest BCUT2D eigenvalue weighted by Gasteiger charge is -2.19. The van der Waals surface area contributed by atoms with Crippen LogP contribution in [0.2, 0.25) is 0 Å². The molecule has 1 amide bonds. The molecule has 2 unspecified atom stereocenters. The normalized spacial score (nSPS) is 22.3. The number of benzene rings is 2. The third-order valence-corrected chi connectivity index (χ3v) is 3.83. The Hall–Kier alpha value is -2.13. The molecule has 2 aromatic carbocycles. The van der Waals surface area contributed by atoms with Crippen LogP contribution in [0.15, 0.2) is 54.6 Å². The highest BCUT2D eigenvalue weighted by atomic mass is 16.2. The molecule has 3 heteroatoms. The number of rotatable bonds is 2. The van der Waals surface area contributed by atoms with Crippen molar-refractivity contribution >= 4 is 5.91 Å². The molecular formula is C17H18N2O. The first-order valence-electron chi connectivity index (χ1n) is 6.81. The van der Waals surface area contributed by atoms with Gasteiger partial charge in [0.05, 0.1) is 0 Å². The van der Waals surface area contributed by atoms with Crippen LogP contribution in [0.1, 0.15) is 28.9 Å². The van der Waals surface area contributed by atoms with Crippen molar-refractivity contribution in [1.29, 1.82) is 0 Å². The molecule has 1 aliphatic heterocycles. The highest BCUT2D eigenvalue weighted by molar-refractivity contribution is 5.85. The number of aryl methyl sites for hydroxylation is 1. The second-order valence-electron chi connectivity index (χ2n) is 5.27. The minimum absolute atomic E-state index is 0.0618. The quantitative estimate of drug-likeness (QED) is 0.906. The molecule has 3 nitrogen and oxygen atoms in total. The van der Waals surface area contributed by atoms with Crippen LogP contribution in [0.5, 0.6) is 0 Å². The first-order valence-corrected chi connectivity index (χ1v) is 6.81. The van der Waals surface area contributed by atoms with Crippen molar-refractivity contribution < 1.29 is 4.79 Å². The van der Waals surface area contributed by atoms with Crippen molar-refractivity contribution in [3.05, 3.63) is 71.3 Å². The highest BCUT2D eigenvalue weighted by Gasteiger charge is 2.37. The standard InChI is InChI=1S/C17H18N2O/c1-12-8-10-14(11-9-12)16-18-15(17(20)19(16)2)13-6-4-3-5-7-13/h3-11,15-16,18H,1-2H3. The third kappa shape index (κ3) is 2.21. The lowest BCUT2D eigenvalue weighted by molar-refractivity contribution is -0.128. The average Bonchev–Trinajstić information content (AvgIpc) is 2.77. The maximum atomic E-state index is 12.4. The number of nitrogens with one attached hydrogen (secondary N) is 1. The van der Waals surface area contributed by atoms with E-state index in [0.717, 1.165) is 11.1 Å². The Bertz CT molecular complexity index is 607. The van der Waals surface area contributed by atoms with E-state index in [0.29, 0.717) is 0 Å². The molecule has 20 heavy (non-hydrogen) atoms. The van der Waals surface area contributed by atoms with Gasteiger partial charge in [-0.25, -0.2) is 0 Å². The predicted molar refractivity (Wildman–Crippen MR) is 79.0 cm³/mol. The Balaban J connectivity index is 1.89. The summed E-state index contributed by atoms with van der Waals surface area (Å²) < 4.78 is 0. The van der Waals surface area contributed by atoms with Crippen LogP contribution in [-0.4, -0.2) is 17.9 Å². The lowest BCUT2D eigenvalue weighted by atomic mass is 10.1. The molecular weight excluding hydrogens is 248 g/mol. The number of hydrogen-bond donors (Lipinski definition) is 1. The number of likely N-dealkylation sites (N-methyl/N-ethyl adjacent to an activating group) is 1. The fraction of sp³-hybridized carbons (Fsp3) is 0.235. The fourth-order valence-corrected chi connectivity index (χ4v) is 2.62. The van der Waals surface area contributed by atoms with Gasteiger partial charge in [0.2, 0.25) is 5.91 Å². The van der Waals surface area contributed by atoms with Crippen molar-refractivity contribution in [3.63, 3.8) is 0 Å². The zero-order valence-corrected chi connectivity index (χ0v) is 11.7. The number of carbonyl (C=O) groups is 1. The van der Waals surface area contributed by atoms with Crippen LogP contribution in [0.3, 0.4) is 0 Å². The van der Waals surface area contributed by atoms with E-state index in [-0.39, 0.29) is 18.1 Å². The molecule has 3 rings (SSSR count). The summed E-state index contributed by atoms with van der Waals surface area (Å²) in [5.41, 5.74) is 3.35. The van der Waals surface area contributed by atoms with Crippen LogP contribution < -0.4 is 5.32 Å². The number of nitrogens with zero attached hydrogens (tertiary/aromatic N) is 1. The van der Waals surface area contributed by atoms with Gasteiger partial charge < -0.3 is 4.90 Å². The van der Waals surface area contributed by atoms with Crippen LogP contribution in [-0.2, 0) is 4.79 Å². The van der Waals surface area contributed by atoms with Gasteiger partial charge in [-0.15, -0.1) is 0 Å². The van der Waals surface area contributed by atoms with Gasteiger partial charge in [-0.1, -0.05) is 60.2 Å². The fourth-order valence-electron chi connectivity index (χ4n) is 2.62. The minimum Gasteiger partial charge on any atom is -0.324 e. The SMILES string of the molecule is Cc1ccc(C2NC(c3ccccc3)C(=O)N2C)cc1. The van der Waals surface area contributed by atoms with Crippen LogP contribution in [0.4, 0.5) is 0 Å². The molecule has 2 aromatic rings. The van der Waals surface area contributed by atoms with Gasteiger partial charge in [0.1, 0.15) is 12.2 Å². The van der Waals surface area contributed by atoms with Gasteiger partial charge in [0, 0.05) is 7.05 Å². The van der Waals surface area contributed by atoms with E-state index < -0.39 is 0 Å². The van der Waals surface area contributed by atoms with Crippen molar-refractivity contribution in [2.45, 2.75) is 19.1 Å². The molecule has 0 aromatic heterocycles. The molecule has 0 saturated carbocycles. The second kappa shape index (κ2) is 5.10. The van der Waals surface area contributed by atoms with Crippen LogP contribution in [0.25, 0.3) is 0 Å². The molecule has 102 valence electrons. The molecule has 0 spiro atoms. The summed E-state index contributed by atoms with van der Waals surface area (Å²) in [6.07, 6.45) is -0.0618. The first kappa shape index (κ1) is 12.9. The van der Waals surface area contributed by atoms with E-state index in [1.807, 2.05) is 37.4 Å². The predicted octanol–water partition coefficient (Wildman–Crippen LogP) is 2.80. The summed E-state index contributed by atoms with van der Waals surface area (Å²) in [6, 6.07) is 17.9. The van der Waals surface area contributed by atoms with E-state index in [2.05, 4.69) is 36.5 Å². The van der Waals surface area contributed by atoms with E-state index in [1.54, 1.807) is 4.90 Å². The summed E-state index contributed by atoms with van der Waals surface area (Å²) in [6.45, 7) is 2.06. The summed E-state index contributed by atoms with van der Waals surface area (Å²) >= 11 is 0. The molecule has 2 atom stereocenters. The van der Waals surface area contributed by atoms with E-state index >= 15 is 0 Å². The maximum absolute atomic E-state index is 12.4. The number of amides is 1. The average molecular weight is 266 g/mol. The van der Waals surface area contributed by atoms with Gasteiger partial charge in [0.25, 0.3) is 0 Å². The zero-order valence-electron chi connectivity index (χ0n) is 11.7. The summed E-state index contributed by atoms with van der Waals surface area (Å²) in [4.78, 5) is 14.2. The molecule has 0 radical (unpaired) electrons. The Morgan fingerprint density at radius 1 is 0.950 bits per heavy atom. The van der Waals surface area contributed by atoms with Gasteiger partial charge in [0.15, 0.2) is 0 Å². The smallest absolute Gasteiger partial charge is 0.245 e. The van der Waals surface area contributed by atoms with E-state index in [1.165, 1.54) is 5.56 Å². The minimum atomic E-state index is -0.257. The highest BCUT2D eigenvalue weighted by Crippen LogP contribution is 2.31. The summed E-state index contributed by atoms with van der Waals surface area (Å²) in [7, 11) is 1.85. The number of carbonyl (C=O) groups excluding carboxylic acids is 1. The van der Waals surface area contributed by atoms with Gasteiger partial charge in [-0.3, -0.25) is 10.1 Å². The van der Waals surface area contributed by atoms with Gasteiger partial charge in [-0.05, 0) is 18.1 Å². The van der Waals surface area contributed by atoms with Crippen LogP contribution >= 0.6 is 0 Å². The molecule has 0 bridgehead atoms. The Morgan fingerprint density at radius 3 is 2.25 bits per heavy atom. The van der Waals surface area contributed by atoms with Crippen LogP contribution in [0, 0.1) is 6.92 Å². The lowest BCUT2D eigenvalue weighted by Crippen LogP contribution is -2.25. The third-order valence-electron chi connectivity index (χ3n) is 3.83. The largest absolute Gasteiger partial charge is 0.324 e. The molecule has 0 aliphatic carbocycles. The summed E-state index contributed by atoms with van der Waals surface area (Å²) in [5, 5.41) is 3.42. The van der Waals surface area contributed by atoms with E-state index in [4.69, 9.17) is 0 Å². The molecule has 1 aliphatic rings. The van der Waals surface area contributed by atoms with E-state index in [9.17, 15) is 4.79 Å². The molecule has 1 fully saturated rings. The van der Waals surface area contributed by atoms with Gasteiger partial charge >= 0.3 is 0 Å². The van der Waals surface area contributed by atoms with Crippen molar-refractivity contribution in [1.82, 2.24) is 10.2 Å². The Labute approximate surface area is 119 Å². The molecule has 1 saturated heterocycles.